The molecular weight excluding hydrogens is 537 g/mol. The molecule has 1 saturated carbocycles. The van der Waals surface area contributed by atoms with Crippen molar-refractivity contribution in [3.8, 4) is 0 Å². The van der Waals surface area contributed by atoms with Gasteiger partial charge < -0.3 is 19.4 Å². The van der Waals surface area contributed by atoms with E-state index in [4.69, 9.17) is 14.0 Å². The Kier molecular flexibility index (Phi) is 16.8. The van der Waals surface area contributed by atoms with Crippen molar-refractivity contribution in [3.63, 3.8) is 0 Å². The number of unbranched alkanes of at least 4 members (excludes halogenated alkanes) is 5. The molecule has 7 heteroatoms. The number of carbonyl (C=O) groups excluding carboxylic acids is 2. The van der Waals surface area contributed by atoms with E-state index in [-0.39, 0.29) is 43.2 Å². The molecule has 5 atom stereocenters. The second-order valence-electron chi connectivity index (χ2n) is 12.2. The van der Waals surface area contributed by atoms with Gasteiger partial charge in [0.25, 0.3) is 0 Å². The van der Waals surface area contributed by atoms with Gasteiger partial charge in [-0.3, -0.25) is 9.59 Å². The molecule has 1 amide bonds. The lowest BCUT2D eigenvalue weighted by Crippen LogP contribution is -2.37. The minimum absolute atomic E-state index is 0.102. The molecule has 1 aliphatic heterocycles. The fourth-order valence-corrected chi connectivity index (χ4v) is 6.25. The van der Waals surface area contributed by atoms with Crippen LogP contribution in [0, 0.1) is 11.8 Å². The second kappa shape index (κ2) is 20.6. The molecule has 1 aromatic rings. The molecule has 43 heavy (non-hydrogen) atoms. The number of hydrogen-bond acceptors (Lipinski definition) is 5. The Morgan fingerprint density at radius 2 is 1.77 bits per heavy atom. The van der Waals surface area contributed by atoms with E-state index in [1.807, 2.05) is 13.0 Å². The van der Waals surface area contributed by atoms with Crippen LogP contribution in [0.4, 0.5) is 0 Å². The van der Waals surface area contributed by atoms with E-state index in [1.54, 1.807) is 0 Å². The number of carbonyl (C=O) groups is 2. The van der Waals surface area contributed by atoms with Gasteiger partial charge in [0.05, 0.1) is 6.10 Å². The van der Waals surface area contributed by atoms with Crippen molar-refractivity contribution in [2.45, 2.75) is 135 Å². The van der Waals surface area contributed by atoms with Crippen LogP contribution in [0.25, 0.3) is 0 Å². The Hall–Kier alpha value is -2.38. The lowest BCUT2D eigenvalue weighted by Gasteiger charge is -2.27. The van der Waals surface area contributed by atoms with Gasteiger partial charge >= 0.3 is 13.1 Å². The summed E-state index contributed by atoms with van der Waals surface area (Å²) >= 11 is 0. The highest BCUT2D eigenvalue weighted by molar-refractivity contribution is 6.44. The van der Waals surface area contributed by atoms with Crippen molar-refractivity contribution >= 4 is 19.0 Å². The van der Waals surface area contributed by atoms with E-state index in [9.17, 15) is 9.59 Å². The first-order valence-electron chi connectivity index (χ1n) is 17.2. The van der Waals surface area contributed by atoms with E-state index in [1.165, 1.54) is 5.56 Å². The van der Waals surface area contributed by atoms with E-state index in [0.717, 1.165) is 83.4 Å². The lowest BCUT2D eigenvalue weighted by molar-refractivity contribution is -0.147. The third kappa shape index (κ3) is 13.0. The van der Waals surface area contributed by atoms with Crippen LogP contribution in [0.1, 0.15) is 110 Å². The summed E-state index contributed by atoms with van der Waals surface area (Å²) in [5.74, 6) is 0.541. The molecule has 1 saturated heterocycles. The van der Waals surface area contributed by atoms with Crippen LogP contribution in [0.5, 0.6) is 0 Å². The van der Waals surface area contributed by atoms with Crippen molar-refractivity contribution in [2.75, 3.05) is 6.54 Å². The predicted octanol–water partition coefficient (Wildman–Crippen LogP) is 8.02. The normalized spacial score (nSPS) is 22.3. The summed E-state index contributed by atoms with van der Waals surface area (Å²) in [6.07, 6.45) is 22.5. The molecule has 1 aromatic carbocycles. The van der Waals surface area contributed by atoms with Crippen molar-refractivity contribution in [3.05, 3.63) is 60.2 Å². The first kappa shape index (κ1) is 35.1. The molecule has 238 valence electrons. The van der Waals surface area contributed by atoms with Crippen molar-refractivity contribution in [1.82, 2.24) is 5.32 Å². The summed E-state index contributed by atoms with van der Waals surface area (Å²) in [4.78, 5) is 24.5. The van der Waals surface area contributed by atoms with Gasteiger partial charge in [-0.05, 0) is 75.7 Å². The van der Waals surface area contributed by atoms with Gasteiger partial charge in [0, 0.05) is 31.4 Å². The number of rotatable bonds is 21. The monoisotopic (exact) mass is 593 g/mol. The van der Waals surface area contributed by atoms with Crippen LogP contribution in [-0.2, 0) is 30.1 Å². The van der Waals surface area contributed by atoms with Crippen LogP contribution in [0.15, 0.2) is 54.6 Å². The maximum absolute atomic E-state index is 12.8. The Bertz CT molecular complexity index is 983. The van der Waals surface area contributed by atoms with Gasteiger partial charge in [0.15, 0.2) is 0 Å². The van der Waals surface area contributed by atoms with Crippen LogP contribution < -0.4 is 5.32 Å². The first-order chi connectivity index (χ1) is 21.0. The highest BCUT2D eigenvalue weighted by atomic mass is 16.6. The smallest absolute Gasteiger partial charge is 0.457 e. The molecule has 0 aromatic heterocycles. The Morgan fingerprint density at radius 3 is 2.53 bits per heavy atom. The molecular formula is C36H56BNO5. The highest BCUT2D eigenvalue weighted by Gasteiger charge is 2.49. The molecule has 6 nitrogen and oxygen atoms in total. The number of ether oxygens (including phenoxy) is 1. The van der Waals surface area contributed by atoms with Crippen LogP contribution >= 0.6 is 0 Å². The van der Waals surface area contributed by atoms with Crippen molar-refractivity contribution in [1.29, 1.82) is 0 Å². The van der Waals surface area contributed by atoms with Crippen LogP contribution in [0.3, 0.4) is 0 Å². The molecule has 3 rings (SSSR count). The quantitative estimate of drug-likeness (QED) is 0.0676. The van der Waals surface area contributed by atoms with E-state index in [0.29, 0.717) is 25.3 Å². The van der Waals surface area contributed by atoms with E-state index >= 15 is 0 Å². The summed E-state index contributed by atoms with van der Waals surface area (Å²) in [5.41, 5.74) is 1.25. The number of esters is 1. The topological polar surface area (TPSA) is 73.9 Å². The molecule has 2 bridgehead atoms. The fraction of sp³-hybridized carbons (Fsp3) is 0.667. The average Bonchev–Trinajstić information content (AvgIpc) is 3.25. The van der Waals surface area contributed by atoms with Crippen LogP contribution in [0.2, 0.25) is 6.32 Å². The maximum atomic E-state index is 12.8. The van der Waals surface area contributed by atoms with Crippen LogP contribution in [-0.4, -0.2) is 43.9 Å². The summed E-state index contributed by atoms with van der Waals surface area (Å²) in [7, 11) is -0.138. The van der Waals surface area contributed by atoms with Gasteiger partial charge in [0.1, 0.15) is 6.10 Å². The average molecular weight is 594 g/mol. The van der Waals surface area contributed by atoms with Gasteiger partial charge in [-0.2, -0.15) is 0 Å². The summed E-state index contributed by atoms with van der Waals surface area (Å²) in [6.45, 7) is 7.01. The Labute approximate surface area is 261 Å². The third-order valence-electron chi connectivity index (χ3n) is 8.66. The fourth-order valence-electron chi connectivity index (χ4n) is 6.25. The molecule has 1 heterocycles. The number of allylic oxidation sites excluding steroid dienone is 2. The second-order valence-corrected chi connectivity index (χ2v) is 12.2. The number of aryl methyl sites for hydroxylation is 1. The molecule has 1 unspecified atom stereocenters. The van der Waals surface area contributed by atoms with E-state index in [2.05, 4.69) is 67.7 Å². The van der Waals surface area contributed by atoms with E-state index < -0.39 is 0 Å². The number of benzene rings is 1. The van der Waals surface area contributed by atoms with Gasteiger partial charge in [-0.1, -0.05) is 94.5 Å². The zero-order valence-electron chi connectivity index (χ0n) is 27.0. The van der Waals surface area contributed by atoms with Gasteiger partial charge in [-0.15, -0.1) is 0 Å². The van der Waals surface area contributed by atoms with Crippen molar-refractivity contribution in [2.24, 2.45) is 11.8 Å². The number of nitrogens with one attached hydrogen (secondary N) is 1. The minimum Gasteiger partial charge on any atom is -0.458 e. The Morgan fingerprint density at radius 1 is 0.977 bits per heavy atom. The summed E-state index contributed by atoms with van der Waals surface area (Å²) in [5, 5.41) is 2.87. The van der Waals surface area contributed by atoms with Crippen molar-refractivity contribution < 1.29 is 23.6 Å². The molecule has 2 aliphatic rings. The van der Waals surface area contributed by atoms with Gasteiger partial charge in [-0.25, -0.2) is 0 Å². The number of hydrogen-bond donors (Lipinski definition) is 1. The minimum atomic E-state index is -0.262. The third-order valence-corrected chi connectivity index (χ3v) is 8.66. The summed E-state index contributed by atoms with van der Waals surface area (Å²) < 4.78 is 19.0. The molecule has 0 spiro atoms. The lowest BCUT2D eigenvalue weighted by atomic mass is 9.80. The molecule has 2 fully saturated rings. The number of amides is 1. The highest BCUT2D eigenvalue weighted by Crippen LogP contribution is 2.44. The van der Waals surface area contributed by atoms with Gasteiger partial charge in [0.2, 0.25) is 5.91 Å². The largest absolute Gasteiger partial charge is 0.458 e. The molecule has 0 radical (unpaired) electrons. The zero-order chi connectivity index (χ0) is 30.7. The standard InChI is InChI=1S/C36H56BNO5/c1-4-7-9-17-22-36(40)41-30(24-23-29-18-13-12-14-19-29)25-26-32-31(20-15-10-11-16-21-35(39)38-6-3)33-28-34(32)43-37(42-33)27-8-5-2/h10,12-15,18-19,25-26,30-34H,4-9,11,16-17,20-24,27-28H2,1-3H3,(H,38,39)/b15-10-,26-25+/t30-,31?,32+,33-,34+/m0/s1. The first-order valence-corrected chi connectivity index (χ1v) is 17.2. The number of fused-ring (bicyclic) bond motifs is 2. The SMILES string of the molecule is CCCCCCC(=O)O[C@H](/C=C/[C@@H]1C(C/C=C\CCCC(=O)NCC)[C@@H]2C[C@H]1OB(CCCC)O2)CCc1ccccc1. The molecule has 1 N–H and O–H groups in total. The predicted molar refractivity (Wildman–Crippen MR) is 176 cm³/mol. The summed E-state index contributed by atoms with van der Waals surface area (Å²) in [6, 6.07) is 10.4. The maximum Gasteiger partial charge on any atom is 0.457 e. The zero-order valence-corrected chi connectivity index (χ0v) is 27.0. The molecule has 1 aliphatic carbocycles. The Balaban J connectivity index is 1.67.